The molecule has 4 nitrogen and oxygen atoms in total. The molecule has 0 atom stereocenters. The Morgan fingerprint density at radius 3 is 2.57 bits per heavy atom. The minimum atomic E-state index is -3.47. The van der Waals surface area contributed by atoms with Crippen molar-refractivity contribution in [2.75, 3.05) is 12.8 Å². The van der Waals surface area contributed by atoms with E-state index in [2.05, 4.69) is 10.0 Å². The van der Waals surface area contributed by atoms with Gasteiger partial charge in [0.1, 0.15) is 0 Å². The molecule has 1 aromatic rings. The number of hydrogen-bond donors (Lipinski definition) is 2. The van der Waals surface area contributed by atoms with Crippen molar-refractivity contribution in [3.05, 3.63) is 29.8 Å². The lowest BCUT2D eigenvalue weighted by molar-refractivity contribution is 0.568. The third-order valence-electron chi connectivity index (χ3n) is 3.66. The van der Waals surface area contributed by atoms with Gasteiger partial charge in [0.15, 0.2) is 0 Å². The van der Waals surface area contributed by atoms with Crippen molar-refractivity contribution in [3.8, 4) is 0 Å². The normalized spacial score (nSPS) is 16.1. The number of nitrogens with one attached hydrogen (secondary N) is 2. The fraction of sp³-hybridized carbons (Fsp3) is 0.600. The first kappa shape index (κ1) is 16.8. The highest BCUT2D eigenvalue weighted by Crippen LogP contribution is 2.23. The van der Waals surface area contributed by atoms with Gasteiger partial charge in [0, 0.05) is 23.9 Å². The van der Waals surface area contributed by atoms with Gasteiger partial charge in [-0.15, -0.1) is 0 Å². The van der Waals surface area contributed by atoms with Crippen molar-refractivity contribution in [1.82, 2.24) is 10.0 Å². The van der Waals surface area contributed by atoms with Crippen molar-refractivity contribution >= 4 is 21.8 Å². The monoisotopic (exact) mass is 328 g/mol. The minimum absolute atomic E-state index is 0.117. The average molecular weight is 329 g/mol. The van der Waals surface area contributed by atoms with E-state index in [1.165, 1.54) is 12.8 Å². The van der Waals surface area contributed by atoms with Gasteiger partial charge in [0.25, 0.3) is 0 Å². The number of sulfonamides is 1. The quantitative estimate of drug-likeness (QED) is 0.769. The van der Waals surface area contributed by atoms with Crippen LogP contribution in [-0.2, 0) is 16.6 Å². The summed E-state index contributed by atoms with van der Waals surface area (Å²) in [5.74, 6) is 0. The summed E-state index contributed by atoms with van der Waals surface area (Å²) in [7, 11) is -3.47. The molecule has 1 saturated carbocycles. The molecule has 6 heteroatoms. The maximum atomic E-state index is 12.5. The molecular formula is C15H24N2O2S2. The molecule has 0 amide bonds. The van der Waals surface area contributed by atoms with Crippen LogP contribution in [0, 0.1) is 0 Å². The van der Waals surface area contributed by atoms with E-state index in [0.29, 0.717) is 24.0 Å². The van der Waals surface area contributed by atoms with Crippen LogP contribution in [0.3, 0.4) is 0 Å². The molecule has 0 heterocycles. The van der Waals surface area contributed by atoms with E-state index >= 15 is 0 Å². The van der Waals surface area contributed by atoms with Gasteiger partial charge in [-0.25, -0.2) is 13.1 Å². The highest BCUT2D eigenvalue weighted by atomic mass is 32.2. The average Bonchev–Trinajstić information content (AvgIpc) is 3.28. The zero-order valence-electron chi connectivity index (χ0n) is 12.8. The van der Waals surface area contributed by atoms with Gasteiger partial charge in [-0.2, -0.15) is 11.8 Å². The molecule has 1 aliphatic carbocycles. The molecular weight excluding hydrogens is 304 g/mol. The summed E-state index contributed by atoms with van der Waals surface area (Å²) in [4.78, 5) is 0.384. The van der Waals surface area contributed by atoms with Gasteiger partial charge in [0.2, 0.25) is 10.0 Å². The second-order valence-corrected chi connectivity index (χ2v) is 9.30. The van der Waals surface area contributed by atoms with E-state index in [1.807, 2.05) is 32.2 Å². The summed E-state index contributed by atoms with van der Waals surface area (Å²) in [5.41, 5.74) is 0.832. The number of rotatable bonds is 8. The second kappa shape index (κ2) is 6.69. The zero-order valence-corrected chi connectivity index (χ0v) is 14.5. The number of thioether (sulfide) groups is 1. The Bertz CT molecular complexity index is 581. The second-order valence-electron chi connectivity index (χ2n) is 6.05. The number of hydrogen-bond acceptors (Lipinski definition) is 4. The largest absolute Gasteiger partial charge is 0.310 e. The van der Waals surface area contributed by atoms with Crippen LogP contribution >= 0.6 is 11.8 Å². The Morgan fingerprint density at radius 1 is 1.29 bits per heavy atom. The topological polar surface area (TPSA) is 58.2 Å². The lowest BCUT2D eigenvalue weighted by Gasteiger charge is -2.22. The molecule has 1 aromatic carbocycles. The molecule has 0 spiro atoms. The van der Waals surface area contributed by atoms with Gasteiger partial charge >= 0.3 is 0 Å². The van der Waals surface area contributed by atoms with Crippen molar-refractivity contribution < 1.29 is 8.42 Å². The van der Waals surface area contributed by atoms with E-state index in [0.717, 1.165) is 5.56 Å². The van der Waals surface area contributed by atoms with Gasteiger partial charge < -0.3 is 5.32 Å². The molecule has 0 saturated heterocycles. The van der Waals surface area contributed by atoms with Crippen molar-refractivity contribution in [2.45, 2.75) is 48.9 Å². The van der Waals surface area contributed by atoms with Crippen LogP contribution in [0.5, 0.6) is 0 Å². The summed E-state index contributed by atoms with van der Waals surface area (Å²) in [6, 6.07) is 7.77. The highest BCUT2D eigenvalue weighted by Gasteiger charge is 2.24. The molecule has 0 radical (unpaired) electrons. The fourth-order valence-corrected chi connectivity index (χ4v) is 3.63. The van der Waals surface area contributed by atoms with Gasteiger partial charge in [-0.05, 0) is 44.6 Å². The van der Waals surface area contributed by atoms with Crippen LogP contribution in [-0.4, -0.2) is 32.0 Å². The number of benzene rings is 1. The van der Waals surface area contributed by atoms with E-state index in [-0.39, 0.29) is 4.75 Å². The third kappa shape index (κ3) is 4.98. The lowest BCUT2D eigenvalue weighted by atomic mass is 10.2. The molecule has 118 valence electrons. The molecule has 1 fully saturated rings. The van der Waals surface area contributed by atoms with E-state index in [4.69, 9.17) is 0 Å². The van der Waals surface area contributed by atoms with E-state index in [9.17, 15) is 8.42 Å². The summed E-state index contributed by atoms with van der Waals surface area (Å²) < 4.78 is 27.7. The molecule has 0 aliphatic heterocycles. The SMILES string of the molecule is CSC(C)(C)CNS(=O)(=O)c1ccccc1CNC1CC1. The van der Waals surface area contributed by atoms with Crippen LogP contribution in [0.15, 0.2) is 29.2 Å². The minimum Gasteiger partial charge on any atom is -0.310 e. The van der Waals surface area contributed by atoms with E-state index < -0.39 is 10.0 Å². The van der Waals surface area contributed by atoms with Crippen molar-refractivity contribution in [1.29, 1.82) is 0 Å². The first-order chi connectivity index (χ1) is 9.84. The maximum Gasteiger partial charge on any atom is 0.240 e. The van der Waals surface area contributed by atoms with Gasteiger partial charge in [0.05, 0.1) is 4.90 Å². The van der Waals surface area contributed by atoms with Gasteiger partial charge in [-0.1, -0.05) is 18.2 Å². The van der Waals surface area contributed by atoms with Crippen LogP contribution in [0.4, 0.5) is 0 Å². The Hall–Kier alpha value is -0.560. The van der Waals surface area contributed by atoms with Crippen LogP contribution in [0.25, 0.3) is 0 Å². The molecule has 0 unspecified atom stereocenters. The van der Waals surface area contributed by atoms with Crippen molar-refractivity contribution in [2.24, 2.45) is 0 Å². The first-order valence-corrected chi connectivity index (χ1v) is 9.91. The van der Waals surface area contributed by atoms with Crippen LogP contribution < -0.4 is 10.0 Å². The molecule has 2 N–H and O–H groups in total. The van der Waals surface area contributed by atoms with Crippen LogP contribution in [0.1, 0.15) is 32.3 Å². The Kier molecular flexibility index (Phi) is 5.35. The molecule has 21 heavy (non-hydrogen) atoms. The third-order valence-corrected chi connectivity index (χ3v) is 6.41. The molecule has 0 aromatic heterocycles. The van der Waals surface area contributed by atoms with Gasteiger partial charge in [-0.3, -0.25) is 0 Å². The predicted octanol–water partition coefficient (Wildman–Crippen LogP) is 2.36. The molecule has 1 aliphatic rings. The Balaban J connectivity index is 2.10. The smallest absolute Gasteiger partial charge is 0.240 e. The van der Waals surface area contributed by atoms with Crippen molar-refractivity contribution in [3.63, 3.8) is 0 Å². The first-order valence-electron chi connectivity index (χ1n) is 7.20. The predicted molar refractivity (Wildman–Crippen MR) is 89.1 cm³/mol. The molecule has 2 rings (SSSR count). The molecule has 0 bridgehead atoms. The zero-order chi connectivity index (χ0) is 15.5. The summed E-state index contributed by atoms with van der Waals surface area (Å²) in [6.07, 6.45) is 4.37. The maximum absolute atomic E-state index is 12.5. The lowest BCUT2D eigenvalue weighted by Crippen LogP contribution is -2.36. The standard InChI is InChI=1S/C15H24N2O2S2/c1-15(2,20-3)11-17-21(18,19)14-7-5-4-6-12(14)10-16-13-8-9-13/h4-7,13,16-17H,8-11H2,1-3H3. The summed E-state index contributed by atoms with van der Waals surface area (Å²) in [5, 5.41) is 3.37. The fourth-order valence-electron chi connectivity index (χ4n) is 1.87. The highest BCUT2D eigenvalue weighted by molar-refractivity contribution is 8.00. The Labute approximate surface area is 132 Å². The van der Waals surface area contributed by atoms with Crippen LogP contribution in [0.2, 0.25) is 0 Å². The summed E-state index contributed by atoms with van der Waals surface area (Å²) >= 11 is 1.65. The summed E-state index contributed by atoms with van der Waals surface area (Å²) in [6.45, 7) is 5.08. The Morgan fingerprint density at radius 2 is 1.95 bits per heavy atom. The van der Waals surface area contributed by atoms with E-state index in [1.54, 1.807) is 23.9 Å².